The zero-order chi connectivity index (χ0) is 27.2. The molecule has 12 nitrogen and oxygen atoms in total. The molecule has 0 saturated heterocycles. The van der Waals surface area contributed by atoms with E-state index < -0.39 is 51.6 Å². The normalized spacial score (nSPS) is 14.2. The Morgan fingerprint density at radius 2 is 1.84 bits per heavy atom. The highest BCUT2D eigenvalue weighted by Crippen LogP contribution is 2.32. The number of aliphatic imine (C=N–C) groups is 1. The third-order valence-electron chi connectivity index (χ3n) is 5.55. The molecule has 0 radical (unpaired) electrons. The van der Waals surface area contributed by atoms with Crippen molar-refractivity contribution in [2.45, 2.75) is 25.7 Å². The van der Waals surface area contributed by atoms with Crippen LogP contribution in [0.3, 0.4) is 0 Å². The number of guanidine groups is 1. The number of esters is 1. The van der Waals surface area contributed by atoms with Crippen LogP contribution in [0.15, 0.2) is 41.4 Å². The first kappa shape index (κ1) is 27.5. The SMILES string of the molecule is NC(N)=Nc1ccc2c(c1)CCCOc1ccc(CCS(=O)(=O)C[C@@H](CC(=O)O)C(=O)O)cc1OC2=O. The maximum Gasteiger partial charge on any atom is 0.343 e. The maximum absolute atomic E-state index is 13.0. The van der Waals surface area contributed by atoms with Crippen LogP contribution in [0.2, 0.25) is 0 Å². The molecule has 0 aromatic heterocycles. The van der Waals surface area contributed by atoms with Gasteiger partial charge >= 0.3 is 17.9 Å². The van der Waals surface area contributed by atoms with E-state index in [1.165, 1.54) is 6.07 Å². The van der Waals surface area contributed by atoms with Crippen LogP contribution >= 0.6 is 0 Å². The van der Waals surface area contributed by atoms with E-state index in [1.807, 2.05) is 0 Å². The van der Waals surface area contributed by atoms with Crippen molar-refractivity contribution < 1.29 is 42.5 Å². The molecule has 0 unspecified atom stereocenters. The number of carbonyl (C=O) groups excluding carboxylic acids is 1. The van der Waals surface area contributed by atoms with Gasteiger partial charge in [0.2, 0.25) is 0 Å². The quantitative estimate of drug-likeness (QED) is 0.156. The summed E-state index contributed by atoms with van der Waals surface area (Å²) in [4.78, 5) is 39.0. The second-order valence-corrected chi connectivity index (χ2v) is 10.7. The second-order valence-electron chi connectivity index (χ2n) is 8.50. The summed E-state index contributed by atoms with van der Waals surface area (Å²) in [6, 6.07) is 9.51. The number of ether oxygens (including phenoxy) is 2. The fraction of sp³-hybridized carbons (Fsp3) is 0.333. The number of hydrogen-bond donors (Lipinski definition) is 4. The van der Waals surface area contributed by atoms with Crippen molar-refractivity contribution in [2.24, 2.45) is 22.4 Å². The van der Waals surface area contributed by atoms with Gasteiger partial charge in [-0.1, -0.05) is 6.07 Å². The standard InChI is InChI=1S/C24H27N3O9S/c25-24(26)27-17-4-5-18-15(11-17)2-1-8-35-19-6-3-14(10-20(19)36-23(18)32)7-9-37(33,34)13-16(22(30)31)12-21(28)29/h3-6,10-11,16H,1-2,7-9,12-13H2,(H,28,29)(H,30,31)(H4,25,26,27)/t16-/m1/s1. The zero-order valence-corrected chi connectivity index (χ0v) is 20.6. The number of fused-ring (bicyclic) bond motifs is 2. The lowest BCUT2D eigenvalue weighted by Crippen LogP contribution is -2.28. The first-order valence-electron chi connectivity index (χ1n) is 11.3. The molecule has 0 amide bonds. The van der Waals surface area contributed by atoms with Crippen LogP contribution in [-0.4, -0.2) is 60.6 Å². The lowest BCUT2D eigenvalue weighted by molar-refractivity contribution is -0.147. The van der Waals surface area contributed by atoms with Gasteiger partial charge in [0.1, 0.15) is 0 Å². The summed E-state index contributed by atoms with van der Waals surface area (Å²) in [5.41, 5.74) is 12.9. The van der Waals surface area contributed by atoms with Gasteiger partial charge in [0.15, 0.2) is 27.3 Å². The highest BCUT2D eigenvalue weighted by molar-refractivity contribution is 7.91. The third kappa shape index (κ3) is 7.93. The van der Waals surface area contributed by atoms with E-state index in [-0.39, 0.29) is 18.1 Å². The molecule has 0 aliphatic carbocycles. The summed E-state index contributed by atoms with van der Waals surface area (Å²) in [6.45, 7) is 0.324. The molecule has 0 spiro atoms. The number of aliphatic carboxylic acids is 2. The number of carbonyl (C=O) groups is 3. The molecule has 13 heteroatoms. The number of hydrogen-bond acceptors (Lipinski definition) is 8. The molecule has 37 heavy (non-hydrogen) atoms. The first-order chi connectivity index (χ1) is 17.4. The molecule has 2 aromatic rings. The number of sulfone groups is 1. The van der Waals surface area contributed by atoms with Gasteiger partial charge in [-0.25, -0.2) is 18.2 Å². The Kier molecular flexibility index (Phi) is 8.71. The lowest BCUT2D eigenvalue weighted by atomic mass is 10.0. The fourth-order valence-corrected chi connectivity index (χ4v) is 5.39. The highest BCUT2D eigenvalue weighted by atomic mass is 32.2. The van der Waals surface area contributed by atoms with Gasteiger partial charge in [0.05, 0.1) is 41.7 Å². The van der Waals surface area contributed by atoms with Crippen molar-refractivity contribution in [2.75, 3.05) is 18.1 Å². The summed E-state index contributed by atoms with van der Waals surface area (Å²) < 4.78 is 36.3. The van der Waals surface area contributed by atoms with E-state index in [4.69, 9.17) is 31.2 Å². The summed E-state index contributed by atoms with van der Waals surface area (Å²) in [5.74, 6) is -5.98. The molecule has 0 fully saturated rings. The summed E-state index contributed by atoms with van der Waals surface area (Å²) in [5, 5.41) is 18.0. The first-order valence-corrected chi connectivity index (χ1v) is 13.1. The molecular formula is C24H27N3O9S. The van der Waals surface area contributed by atoms with Gasteiger partial charge in [0.25, 0.3) is 0 Å². The third-order valence-corrected chi connectivity index (χ3v) is 7.29. The lowest BCUT2D eigenvalue weighted by Gasteiger charge is -2.17. The van der Waals surface area contributed by atoms with Crippen LogP contribution in [0.4, 0.5) is 5.69 Å². The number of nitrogens with two attached hydrogens (primary N) is 2. The Labute approximate surface area is 212 Å². The Bertz CT molecular complexity index is 1330. The number of rotatable bonds is 9. The topological polar surface area (TPSA) is 209 Å². The second kappa shape index (κ2) is 11.7. The van der Waals surface area contributed by atoms with E-state index in [2.05, 4.69) is 4.99 Å². The smallest absolute Gasteiger partial charge is 0.343 e. The fourth-order valence-electron chi connectivity index (χ4n) is 3.80. The van der Waals surface area contributed by atoms with E-state index in [0.29, 0.717) is 47.6 Å². The Morgan fingerprint density at radius 3 is 2.51 bits per heavy atom. The van der Waals surface area contributed by atoms with E-state index in [0.717, 1.165) is 0 Å². The predicted octanol–water partition coefficient (Wildman–Crippen LogP) is 1.27. The number of aryl methyl sites for hydroxylation is 2. The van der Waals surface area contributed by atoms with Gasteiger partial charge in [0, 0.05) is 0 Å². The number of nitrogens with zero attached hydrogens (tertiary/aromatic N) is 1. The predicted molar refractivity (Wildman–Crippen MR) is 133 cm³/mol. The molecule has 1 aliphatic heterocycles. The van der Waals surface area contributed by atoms with Crippen molar-refractivity contribution in [3.63, 3.8) is 0 Å². The van der Waals surface area contributed by atoms with E-state index >= 15 is 0 Å². The molecule has 198 valence electrons. The Morgan fingerprint density at radius 1 is 1.08 bits per heavy atom. The van der Waals surface area contributed by atoms with Gasteiger partial charge in [-0.15, -0.1) is 0 Å². The van der Waals surface area contributed by atoms with Crippen molar-refractivity contribution in [1.82, 2.24) is 0 Å². The minimum atomic E-state index is -3.89. The van der Waals surface area contributed by atoms with E-state index in [1.54, 1.807) is 30.3 Å². The van der Waals surface area contributed by atoms with Gasteiger partial charge in [-0.3, -0.25) is 9.59 Å². The number of carboxylic acids is 2. The van der Waals surface area contributed by atoms with Crippen LogP contribution in [0.25, 0.3) is 0 Å². The van der Waals surface area contributed by atoms with Crippen molar-refractivity contribution >= 4 is 39.4 Å². The average Bonchev–Trinajstić information content (AvgIpc) is 2.80. The van der Waals surface area contributed by atoms with Crippen LogP contribution in [-0.2, 0) is 32.3 Å². The highest BCUT2D eigenvalue weighted by Gasteiger charge is 2.28. The van der Waals surface area contributed by atoms with Crippen LogP contribution in [0.1, 0.15) is 34.3 Å². The minimum Gasteiger partial charge on any atom is -0.490 e. The van der Waals surface area contributed by atoms with E-state index in [9.17, 15) is 22.8 Å². The van der Waals surface area contributed by atoms with Crippen molar-refractivity contribution in [3.05, 3.63) is 53.1 Å². The van der Waals surface area contributed by atoms with Crippen LogP contribution in [0.5, 0.6) is 11.5 Å². The van der Waals surface area contributed by atoms with Crippen molar-refractivity contribution in [3.8, 4) is 11.5 Å². The zero-order valence-electron chi connectivity index (χ0n) is 19.8. The summed E-state index contributed by atoms with van der Waals surface area (Å²) in [6.07, 6.45) is 0.301. The number of carboxylic acid groups (broad SMARTS) is 2. The molecule has 0 saturated carbocycles. The molecular weight excluding hydrogens is 506 g/mol. The molecule has 1 aliphatic rings. The Balaban J connectivity index is 1.78. The van der Waals surface area contributed by atoms with Gasteiger partial charge < -0.3 is 31.2 Å². The maximum atomic E-state index is 13.0. The van der Waals surface area contributed by atoms with Crippen LogP contribution < -0.4 is 20.9 Å². The molecule has 6 N–H and O–H groups in total. The van der Waals surface area contributed by atoms with Crippen LogP contribution in [0, 0.1) is 5.92 Å². The van der Waals surface area contributed by atoms with Crippen molar-refractivity contribution in [1.29, 1.82) is 0 Å². The number of benzene rings is 2. The monoisotopic (exact) mass is 533 g/mol. The summed E-state index contributed by atoms with van der Waals surface area (Å²) in [7, 11) is -3.89. The molecule has 0 bridgehead atoms. The molecule has 1 heterocycles. The molecule has 1 atom stereocenters. The molecule has 3 rings (SSSR count). The Hall–Kier alpha value is -4.13. The molecule has 2 aromatic carbocycles. The largest absolute Gasteiger partial charge is 0.490 e. The minimum absolute atomic E-state index is 0.00889. The average molecular weight is 534 g/mol. The summed E-state index contributed by atoms with van der Waals surface area (Å²) >= 11 is 0. The van der Waals surface area contributed by atoms with Gasteiger partial charge in [-0.2, -0.15) is 0 Å². The van der Waals surface area contributed by atoms with Gasteiger partial charge in [-0.05, 0) is 60.7 Å².